The van der Waals surface area contributed by atoms with E-state index in [2.05, 4.69) is 0 Å². The average molecular weight is 224 g/mol. The standard InChI is InChI=1S/C11H12O3S/c1-8-3-2-4-10(9(8)7-12)15-6-5-11(13)14/h2-4,7H,5-6H2,1H3,(H,13,14). The van der Waals surface area contributed by atoms with Crippen LogP contribution in [-0.4, -0.2) is 23.1 Å². The summed E-state index contributed by atoms with van der Waals surface area (Å²) in [5.74, 6) is -0.331. The zero-order chi connectivity index (χ0) is 11.3. The molecular formula is C11H12O3S. The summed E-state index contributed by atoms with van der Waals surface area (Å²) in [6.07, 6.45) is 0.926. The van der Waals surface area contributed by atoms with Gasteiger partial charge in [0.25, 0.3) is 0 Å². The number of aldehydes is 1. The number of carbonyl (C=O) groups is 2. The zero-order valence-corrected chi connectivity index (χ0v) is 9.21. The number of aliphatic carboxylic acids is 1. The van der Waals surface area contributed by atoms with Crippen molar-refractivity contribution in [3.63, 3.8) is 0 Å². The molecule has 0 amide bonds. The molecule has 80 valence electrons. The molecule has 1 N–H and O–H groups in total. The van der Waals surface area contributed by atoms with E-state index in [1.807, 2.05) is 25.1 Å². The number of aryl methyl sites for hydroxylation is 1. The van der Waals surface area contributed by atoms with E-state index < -0.39 is 5.97 Å². The molecule has 0 bridgehead atoms. The summed E-state index contributed by atoms with van der Waals surface area (Å²) in [4.78, 5) is 22.0. The van der Waals surface area contributed by atoms with E-state index in [0.717, 1.165) is 16.7 Å². The molecular weight excluding hydrogens is 212 g/mol. The van der Waals surface area contributed by atoms with Crippen molar-refractivity contribution < 1.29 is 14.7 Å². The number of benzene rings is 1. The lowest BCUT2D eigenvalue weighted by Gasteiger charge is -2.05. The zero-order valence-electron chi connectivity index (χ0n) is 8.40. The molecule has 4 heteroatoms. The molecule has 0 saturated heterocycles. The van der Waals surface area contributed by atoms with Gasteiger partial charge in [-0.1, -0.05) is 12.1 Å². The number of hydrogen-bond acceptors (Lipinski definition) is 3. The Labute approximate surface area is 92.5 Å². The summed E-state index contributed by atoms with van der Waals surface area (Å²) in [7, 11) is 0. The van der Waals surface area contributed by atoms with Gasteiger partial charge in [0.2, 0.25) is 0 Å². The minimum absolute atomic E-state index is 0.108. The van der Waals surface area contributed by atoms with Gasteiger partial charge in [0.05, 0.1) is 6.42 Å². The molecule has 0 aliphatic carbocycles. The Bertz CT molecular complexity index is 374. The lowest BCUT2D eigenvalue weighted by molar-refractivity contribution is -0.136. The number of rotatable bonds is 5. The van der Waals surface area contributed by atoms with Gasteiger partial charge >= 0.3 is 5.97 Å². The van der Waals surface area contributed by atoms with Crippen LogP contribution in [0.15, 0.2) is 23.1 Å². The van der Waals surface area contributed by atoms with E-state index in [1.54, 1.807) is 0 Å². The average Bonchev–Trinajstić information content (AvgIpc) is 2.17. The molecule has 0 aromatic heterocycles. The maximum atomic E-state index is 10.8. The first-order chi connectivity index (χ1) is 7.15. The highest BCUT2D eigenvalue weighted by atomic mass is 32.2. The fourth-order valence-electron chi connectivity index (χ4n) is 1.18. The molecule has 0 radical (unpaired) electrons. The fourth-order valence-corrected chi connectivity index (χ4v) is 2.21. The first-order valence-corrected chi connectivity index (χ1v) is 5.53. The fraction of sp³-hybridized carbons (Fsp3) is 0.273. The molecule has 3 nitrogen and oxygen atoms in total. The van der Waals surface area contributed by atoms with Gasteiger partial charge in [0.1, 0.15) is 0 Å². The molecule has 0 unspecified atom stereocenters. The highest BCUT2D eigenvalue weighted by Gasteiger charge is 2.05. The molecule has 0 heterocycles. The predicted molar refractivity (Wildman–Crippen MR) is 59.5 cm³/mol. The van der Waals surface area contributed by atoms with Crippen molar-refractivity contribution in [3.05, 3.63) is 29.3 Å². The number of carboxylic acids is 1. The molecule has 1 aromatic carbocycles. The van der Waals surface area contributed by atoms with E-state index in [1.165, 1.54) is 11.8 Å². The van der Waals surface area contributed by atoms with Crippen LogP contribution in [0.1, 0.15) is 22.3 Å². The molecule has 0 saturated carbocycles. The SMILES string of the molecule is Cc1cccc(SCCC(=O)O)c1C=O. The quantitative estimate of drug-likeness (QED) is 0.616. The lowest BCUT2D eigenvalue weighted by atomic mass is 10.1. The van der Waals surface area contributed by atoms with Gasteiger partial charge in [-0.25, -0.2) is 0 Å². The van der Waals surface area contributed by atoms with Gasteiger partial charge in [0.15, 0.2) is 6.29 Å². The highest BCUT2D eigenvalue weighted by molar-refractivity contribution is 7.99. The summed E-state index contributed by atoms with van der Waals surface area (Å²) >= 11 is 1.40. The highest BCUT2D eigenvalue weighted by Crippen LogP contribution is 2.24. The Balaban J connectivity index is 2.72. The summed E-state index contributed by atoms with van der Waals surface area (Å²) in [6, 6.07) is 5.57. The number of carboxylic acid groups (broad SMARTS) is 1. The number of hydrogen-bond donors (Lipinski definition) is 1. The van der Waals surface area contributed by atoms with Gasteiger partial charge < -0.3 is 5.11 Å². The smallest absolute Gasteiger partial charge is 0.304 e. The summed E-state index contributed by atoms with van der Waals surface area (Å²) < 4.78 is 0. The molecule has 0 fully saturated rings. The Morgan fingerprint density at radius 1 is 1.53 bits per heavy atom. The molecule has 0 spiro atoms. The van der Waals surface area contributed by atoms with Crippen molar-refractivity contribution in [1.82, 2.24) is 0 Å². The van der Waals surface area contributed by atoms with Crippen LogP contribution < -0.4 is 0 Å². The lowest BCUT2D eigenvalue weighted by Crippen LogP contribution is -1.97. The monoisotopic (exact) mass is 224 g/mol. The Morgan fingerprint density at radius 2 is 2.27 bits per heavy atom. The maximum Gasteiger partial charge on any atom is 0.304 e. The van der Waals surface area contributed by atoms with Gasteiger partial charge in [-0.15, -0.1) is 11.8 Å². The van der Waals surface area contributed by atoms with Crippen LogP contribution in [0.2, 0.25) is 0 Å². The van der Waals surface area contributed by atoms with Crippen molar-refractivity contribution in [2.24, 2.45) is 0 Å². The van der Waals surface area contributed by atoms with Crippen LogP contribution in [0.4, 0.5) is 0 Å². The second kappa shape index (κ2) is 5.56. The maximum absolute atomic E-state index is 10.8. The molecule has 15 heavy (non-hydrogen) atoms. The van der Waals surface area contributed by atoms with Crippen LogP contribution in [0.3, 0.4) is 0 Å². The topological polar surface area (TPSA) is 54.4 Å². The Hall–Kier alpha value is -1.29. The van der Waals surface area contributed by atoms with Crippen molar-refractivity contribution in [1.29, 1.82) is 0 Å². The van der Waals surface area contributed by atoms with E-state index in [-0.39, 0.29) is 6.42 Å². The molecule has 0 aliphatic rings. The third kappa shape index (κ3) is 3.40. The summed E-state index contributed by atoms with van der Waals surface area (Å²) in [6.45, 7) is 1.87. The molecule has 1 aromatic rings. The van der Waals surface area contributed by atoms with Crippen molar-refractivity contribution >= 4 is 24.0 Å². The third-order valence-electron chi connectivity index (χ3n) is 1.98. The van der Waals surface area contributed by atoms with Crippen molar-refractivity contribution in [3.8, 4) is 0 Å². The normalized spacial score (nSPS) is 9.93. The van der Waals surface area contributed by atoms with Crippen LogP contribution >= 0.6 is 11.8 Å². The number of carbonyl (C=O) groups excluding carboxylic acids is 1. The minimum Gasteiger partial charge on any atom is -0.481 e. The summed E-state index contributed by atoms with van der Waals surface area (Å²) in [5, 5.41) is 8.49. The van der Waals surface area contributed by atoms with Crippen LogP contribution in [0.25, 0.3) is 0 Å². The Morgan fingerprint density at radius 3 is 2.87 bits per heavy atom. The number of thioether (sulfide) groups is 1. The molecule has 0 atom stereocenters. The van der Waals surface area contributed by atoms with Crippen LogP contribution in [-0.2, 0) is 4.79 Å². The van der Waals surface area contributed by atoms with Gasteiger partial charge in [0, 0.05) is 16.2 Å². The largest absolute Gasteiger partial charge is 0.481 e. The second-order valence-electron chi connectivity index (χ2n) is 3.10. The van der Waals surface area contributed by atoms with E-state index in [0.29, 0.717) is 11.3 Å². The second-order valence-corrected chi connectivity index (χ2v) is 4.23. The minimum atomic E-state index is -0.817. The van der Waals surface area contributed by atoms with Gasteiger partial charge in [-0.3, -0.25) is 9.59 Å². The first kappa shape index (κ1) is 11.8. The first-order valence-electron chi connectivity index (χ1n) is 4.54. The van der Waals surface area contributed by atoms with Crippen LogP contribution in [0, 0.1) is 6.92 Å². The van der Waals surface area contributed by atoms with E-state index in [9.17, 15) is 9.59 Å². The van der Waals surface area contributed by atoms with Crippen molar-refractivity contribution in [2.75, 3.05) is 5.75 Å². The van der Waals surface area contributed by atoms with Gasteiger partial charge in [-0.2, -0.15) is 0 Å². The molecule has 1 rings (SSSR count). The van der Waals surface area contributed by atoms with Crippen LogP contribution in [0.5, 0.6) is 0 Å². The third-order valence-corrected chi connectivity index (χ3v) is 3.05. The van der Waals surface area contributed by atoms with Gasteiger partial charge in [-0.05, 0) is 18.6 Å². The molecule has 0 aliphatic heterocycles. The van der Waals surface area contributed by atoms with E-state index in [4.69, 9.17) is 5.11 Å². The summed E-state index contributed by atoms with van der Waals surface area (Å²) in [5.41, 5.74) is 1.58. The predicted octanol–water partition coefficient (Wildman–Crippen LogP) is 2.37. The Kier molecular flexibility index (Phi) is 4.37. The van der Waals surface area contributed by atoms with E-state index >= 15 is 0 Å². The van der Waals surface area contributed by atoms with Crippen molar-refractivity contribution in [2.45, 2.75) is 18.2 Å².